The summed E-state index contributed by atoms with van der Waals surface area (Å²) in [6.07, 6.45) is 3.68. The second-order valence-corrected chi connectivity index (χ2v) is 6.82. The van der Waals surface area contributed by atoms with E-state index in [4.69, 9.17) is 23.8 Å². The number of benzene rings is 2. The van der Waals surface area contributed by atoms with Crippen LogP contribution in [0.1, 0.15) is 29.6 Å². The van der Waals surface area contributed by atoms with Crippen molar-refractivity contribution < 1.29 is 4.79 Å². The zero-order valence-corrected chi connectivity index (χ0v) is 15.4. The SMILES string of the molecule is O=C(NC(=S)Nc1ccccc1N1CCCCC1)c1ccc(Cl)cc1. The number of carbonyl (C=O) groups excluding carboxylic acids is 1. The lowest BCUT2D eigenvalue weighted by molar-refractivity contribution is 0.0978. The van der Waals surface area contributed by atoms with Crippen molar-refractivity contribution in [1.29, 1.82) is 0 Å². The van der Waals surface area contributed by atoms with Crippen LogP contribution in [0.2, 0.25) is 5.02 Å². The van der Waals surface area contributed by atoms with Crippen molar-refractivity contribution in [2.75, 3.05) is 23.3 Å². The molecule has 0 unspecified atom stereocenters. The third-order valence-electron chi connectivity index (χ3n) is 4.18. The van der Waals surface area contributed by atoms with Gasteiger partial charge in [-0.05, 0) is 67.9 Å². The topological polar surface area (TPSA) is 44.4 Å². The minimum atomic E-state index is -0.260. The molecular weight excluding hydrogens is 354 g/mol. The maximum absolute atomic E-state index is 12.3. The van der Waals surface area contributed by atoms with Crippen molar-refractivity contribution in [2.24, 2.45) is 0 Å². The standard InChI is InChI=1S/C19H20ClN3OS/c20-15-10-8-14(9-11-15)18(24)22-19(25)21-16-6-2-3-7-17(16)23-12-4-1-5-13-23/h2-3,6-11H,1,4-5,12-13H2,(H2,21,22,24,25). The van der Waals surface area contributed by atoms with Crippen LogP contribution in [0.3, 0.4) is 0 Å². The van der Waals surface area contributed by atoms with Crippen molar-refractivity contribution in [3.8, 4) is 0 Å². The Morgan fingerprint density at radius 2 is 1.68 bits per heavy atom. The molecule has 130 valence electrons. The number of carbonyl (C=O) groups is 1. The molecule has 3 rings (SSSR count). The van der Waals surface area contributed by atoms with Crippen LogP contribution >= 0.6 is 23.8 Å². The summed E-state index contributed by atoms with van der Waals surface area (Å²) in [5.74, 6) is -0.260. The largest absolute Gasteiger partial charge is 0.370 e. The van der Waals surface area contributed by atoms with E-state index in [-0.39, 0.29) is 11.0 Å². The highest BCUT2D eigenvalue weighted by molar-refractivity contribution is 7.80. The molecule has 0 saturated carbocycles. The van der Waals surface area contributed by atoms with Crippen molar-refractivity contribution in [2.45, 2.75) is 19.3 Å². The normalized spacial score (nSPS) is 14.0. The van der Waals surface area contributed by atoms with Crippen LogP contribution in [-0.2, 0) is 0 Å². The Labute approximate surface area is 158 Å². The Bertz CT molecular complexity index is 758. The van der Waals surface area contributed by atoms with Crippen molar-refractivity contribution in [3.05, 3.63) is 59.1 Å². The summed E-state index contributed by atoms with van der Waals surface area (Å²) in [6, 6.07) is 14.7. The van der Waals surface area contributed by atoms with Crippen LogP contribution in [-0.4, -0.2) is 24.1 Å². The number of amides is 1. The predicted octanol–water partition coefficient (Wildman–Crippen LogP) is 4.46. The molecule has 1 heterocycles. The Balaban J connectivity index is 1.66. The summed E-state index contributed by atoms with van der Waals surface area (Å²) in [7, 11) is 0. The monoisotopic (exact) mass is 373 g/mol. The molecule has 0 bridgehead atoms. The number of hydrogen-bond acceptors (Lipinski definition) is 3. The Morgan fingerprint density at radius 3 is 2.40 bits per heavy atom. The van der Waals surface area contributed by atoms with Gasteiger partial charge >= 0.3 is 0 Å². The minimum absolute atomic E-state index is 0.260. The van der Waals surface area contributed by atoms with E-state index in [1.807, 2.05) is 18.2 Å². The molecule has 1 fully saturated rings. The van der Waals surface area contributed by atoms with Gasteiger partial charge < -0.3 is 10.2 Å². The fourth-order valence-corrected chi connectivity index (χ4v) is 3.25. The van der Waals surface area contributed by atoms with Gasteiger partial charge in [0.25, 0.3) is 5.91 Å². The lowest BCUT2D eigenvalue weighted by Gasteiger charge is -2.30. The maximum atomic E-state index is 12.3. The molecule has 2 N–H and O–H groups in total. The fraction of sp³-hybridized carbons (Fsp3) is 0.263. The third kappa shape index (κ3) is 4.71. The second-order valence-electron chi connectivity index (χ2n) is 5.98. The molecule has 2 aromatic rings. The number of hydrogen-bond donors (Lipinski definition) is 2. The van der Waals surface area contributed by atoms with Crippen molar-refractivity contribution in [3.63, 3.8) is 0 Å². The van der Waals surface area contributed by atoms with Gasteiger partial charge in [0.05, 0.1) is 11.4 Å². The van der Waals surface area contributed by atoms with Crippen LogP contribution in [0.4, 0.5) is 11.4 Å². The lowest BCUT2D eigenvalue weighted by atomic mass is 10.1. The highest BCUT2D eigenvalue weighted by Crippen LogP contribution is 2.28. The Hall–Kier alpha value is -2.11. The molecule has 0 aromatic heterocycles. The first-order chi connectivity index (χ1) is 12.1. The van der Waals surface area contributed by atoms with E-state index in [9.17, 15) is 4.79 Å². The van der Waals surface area contributed by atoms with E-state index < -0.39 is 0 Å². The lowest BCUT2D eigenvalue weighted by Crippen LogP contribution is -2.35. The number of rotatable bonds is 3. The van der Waals surface area contributed by atoms with Gasteiger partial charge in [-0.15, -0.1) is 0 Å². The Morgan fingerprint density at radius 1 is 1.00 bits per heavy atom. The number of halogens is 1. The molecule has 1 amide bonds. The number of thiocarbonyl (C=S) groups is 1. The van der Waals surface area contributed by atoms with E-state index in [0.717, 1.165) is 24.5 Å². The highest BCUT2D eigenvalue weighted by atomic mass is 35.5. The number of anilines is 2. The smallest absolute Gasteiger partial charge is 0.257 e. The second kappa shape index (κ2) is 8.32. The van der Waals surface area contributed by atoms with Crippen molar-refractivity contribution in [1.82, 2.24) is 5.32 Å². The molecule has 1 saturated heterocycles. The molecule has 4 nitrogen and oxygen atoms in total. The third-order valence-corrected chi connectivity index (χ3v) is 4.64. The predicted molar refractivity (Wildman–Crippen MR) is 108 cm³/mol. The minimum Gasteiger partial charge on any atom is -0.370 e. The first-order valence-electron chi connectivity index (χ1n) is 8.35. The van der Waals surface area contributed by atoms with Gasteiger partial charge in [0, 0.05) is 23.7 Å². The van der Waals surface area contributed by atoms with Crippen LogP contribution in [0.5, 0.6) is 0 Å². The number of nitrogens with zero attached hydrogens (tertiary/aromatic N) is 1. The van der Waals surface area contributed by atoms with Gasteiger partial charge in [-0.1, -0.05) is 23.7 Å². The summed E-state index contributed by atoms with van der Waals surface area (Å²) in [5, 5.41) is 6.74. The van der Waals surface area contributed by atoms with Crippen molar-refractivity contribution >= 4 is 46.2 Å². The summed E-state index contributed by atoms with van der Waals surface area (Å²) in [4.78, 5) is 14.6. The van der Waals surface area contributed by atoms with E-state index in [1.165, 1.54) is 19.3 Å². The quantitative estimate of drug-likeness (QED) is 0.780. The molecule has 0 spiro atoms. The zero-order valence-electron chi connectivity index (χ0n) is 13.8. The fourth-order valence-electron chi connectivity index (χ4n) is 2.92. The van der Waals surface area contributed by atoms with E-state index in [1.54, 1.807) is 24.3 Å². The molecule has 0 aliphatic carbocycles. The average molecular weight is 374 g/mol. The van der Waals surface area contributed by atoms with Gasteiger partial charge in [0.2, 0.25) is 0 Å². The zero-order chi connectivity index (χ0) is 17.6. The van der Waals surface area contributed by atoms with Gasteiger partial charge in [0.1, 0.15) is 0 Å². The number of para-hydroxylation sites is 2. The van der Waals surface area contributed by atoms with E-state index >= 15 is 0 Å². The van der Waals surface area contributed by atoms with Gasteiger partial charge in [-0.2, -0.15) is 0 Å². The van der Waals surface area contributed by atoms with Crippen LogP contribution < -0.4 is 15.5 Å². The molecule has 0 atom stereocenters. The Kier molecular flexibility index (Phi) is 5.89. The maximum Gasteiger partial charge on any atom is 0.257 e. The molecule has 6 heteroatoms. The number of nitrogens with one attached hydrogen (secondary N) is 2. The molecule has 25 heavy (non-hydrogen) atoms. The first kappa shape index (κ1) is 17.7. The van der Waals surface area contributed by atoms with Crippen LogP contribution in [0, 0.1) is 0 Å². The van der Waals surface area contributed by atoms with Crippen LogP contribution in [0.15, 0.2) is 48.5 Å². The molecule has 1 aliphatic heterocycles. The van der Waals surface area contributed by atoms with Gasteiger partial charge in [0.15, 0.2) is 5.11 Å². The van der Waals surface area contributed by atoms with Crippen LogP contribution in [0.25, 0.3) is 0 Å². The molecule has 1 aliphatic rings. The molecule has 2 aromatic carbocycles. The summed E-state index contributed by atoms with van der Waals surface area (Å²) in [5.41, 5.74) is 2.54. The average Bonchev–Trinajstić information content (AvgIpc) is 2.63. The summed E-state index contributed by atoms with van der Waals surface area (Å²) >= 11 is 11.2. The highest BCUT2D eigenvalue weighted by Gasteiger charge is 2.15. The summed E-state index contributed by atoms with van der Waals surface area (Å²) < 4.78 is 0. The van der Waals surface area contributed by atoms with E-state index in [0.29, 0.717) is 10.6 Å². The van der Waals surface area contributed by atoms with Gasteiger partial charge in [-0.25, -0.2) is 0 Å². The molecular formula is C19H20ClN3OS. The molecule has 0 radical (unpaired) electrons. The first-order valence-corrected chi connectivity index (χ1v) is 9.14. The van der Waals surface area contributed by atoms with E-state index in [2.05, 4.69) is 21.6 Å². The number of piperidine rings is 1. The van der Waals surface area contributed by atoms with Gasteiger partial charge in [-0.3, -0.25) is 10.1 Å². The summed E-state index contributed by atoms with van der Waals surface area (Å²) in [6.45, 7) is 2.09.